The van der Waals surface area contributed by atoms with Crippen molar-refractivity contribution in [2.24, 2.45) is 0 Å². The van der Waals surface area contributed by atoms with E-state index < -0.39 is 0 Å². The minimum Gasteiger partial charge on any atom is -0.486 e. The second-order valence-electron chi connectivity index (χ2n) is 8.14. The smallest absolute Gasteiger partial charge is 0.178 e. The first-order valence-electron chi connectivity index (χ1n) is 10.3. The second kappa shape index (κ2) is 9.11. The van der Waals surface area contributed by atoms with Crippen LogP contribution >= 0.6 is 0 Å². The highest BCUT2D eigenvalue weighted by molar-refractivity contribution is 5.67. The Morgan fingerprint density at radius 3 is 2.33 bits per heavy atom. The first-order valence-corrected chi connectivity index (χ1v) is 10.3. The van der Waals surface area contributed by atoms with Crippen LogP contribution in [-0.4, -0.2) is 62.5 Å². The number of hydrogen-bond donors (Lipinski definition) is 1. The molecule has 0 unspecified atom stereocenters. The van der Waals surface area contributed by atoms with Gasteiger partial charge < -0.3 is 19.7 Å². The number of piperidine rings is 1. The van der Waals surface area contributed by atoms with E-state index in [1.165, 1.54) is 0 Å². The van der Waals surface area contributed by atoms with E-state index in [-0.39, 0.29) is 18.0 Å². The monoisotopic (exact) mass is 379 g/mol. The molecule has 1 aromatic rings. The average Bonchev–Trinajstić information content (AvgIpc) is 2.64. The number of morpholine rings is 1. The zero-order valence-electron chi connectivity index (χ0n) is 17.1. The fourth-order valence-corrected chi connectivity index (χ4v) is 4.00. The first kappa shape index (κ1) is 20.2. The number of nitrogens with one attached hydrogen (secondary N) is 1. The fraction of sp³-hybridized carbons (Fsp3) is 0.714. The summed E-state index contributed by atoms with van der Waals surface area (Å²) in [4.78, 5) is 4.83. The van der Waals surface area contributed by atoms with Gasteiger partial charge in [-0.3, -0.25) is 4.90 Å². The van der Waals surface area contributed by atoms with Crippen molar-refractivity contribution in [3.8, 4) is 5.75 Å². The average molecular weight is 380 g/mol. The van der Waals surface area contributed by atoms with Crippen LogP contribution in [0.3, 0.4) is 0 Å². The molecular weight excluding hydrogens is 345 g/mol. The molecule has 0 atom stereocenters. The SMILES string of the molecule is CC(C)Nc1cc(F)c(OC(C)C)c(N2CCC(N3CCOCC3)CC2)c1. The number of nitrogens with zero attached hydrogens (tertiary/aromatic N) is 2. The summed E-state index contributed by atoms with van der Waals surface area (Å²) in [5.41, 5.74) is 1.68. The molecule has 1 aromatic carbocycles. The summed E-state index contributed by atoms with van der Waals surface area (Å²) in [6.45, 7) is 13.5. The Labute approximate surface area is 162 Å². The molecule has 2 saturated heterocycles. The topological polar surface area (TPSA) is 37.0 Å². The lowest BCUT2D eigenvalue weighted by Gasteiger charge is -2.41. The normalized spacial score (nSPS) is 19.7. The maximum atomic E-state index is 14.8. The van der Waals surface area contributed by atoms with Crippen molar-refractivity contribution in [3.05, 3.63) is 17.9 Å². The van der Waals surface area contributed by atoms with Crippen LogP contribution in [0, 0.1) is 5.82 Å². The van der Waals surface area contributed by atoms with Gasteiger partial charge in [0, 0.05) is 50.0 Å². The lowest BCUT2D eigenvalue weighted by molar-refractivity contribution is 0.0115. The second-order valence-corrected chi connectivity index (χ2v) is 8.14. The van der Waals surface area contributed by atoms with Gasteiger partial charge in [0.1, 0.15) is 0 Å². The minimum atomic E-state index is -0.292. The van der Waals surface area contributed by atoms with E-state index >= 15 is 0 Å². The Morgan fingerprint density at radius 1 is 1.07 bits per heavy atom. The molecule has 0 radical (unpaired) electrons. The van der Waals surface area contributed by atoms with Crippen molar-refractivity contribution in [3.63, 3.8) is 0 Å². The maximum Gasteiger partial charge on any atom is 0.178 e. The third-order valence-electron chi connectivity index (χ3n) is 5.20. The molecule has 2 aliphatic heterocycles. The zero-order chi connectivity index (χ0) is 19.4. The summed E-state index contributed by atoms with van der Waals surface area (Å²) in [6, 6.07) is 4.43. The van der Waals surface area contributed by atoms with E-state index in [1.54, 1.807) is 6.07 Å². The summed E-state index contributed by atoms with van der Waals surface area (Å²) in [5, 5.41) is 3.32. The number of rotatable bonds is 6. The van der Waals surface area contributed by atoms with Gasteiger partial charge in [-0.25, -0.2) is 4.39 Å². The molecule has 2 fully saturated rings. The predicted octanol–water partition coefficient (Wildman–Crippen LogP) is 3.73. The molecule has 27 heavy (non-hydrogen) atoms. The van der Waals surface area contributed by atoms with Crippen LogP contribution in [0.25, 0.3) is 0 Å². The van der Waals surface area contributed by atoms with Crippen molar-refractivity contribution in [2.45, 2.75) is 58.7 Å². The molecule has 0 amide bonds. The number of hydrogen-bond acceptors (Lipinski definition) is 5. The van der Waals surface area contributed by atoms with Crippen molar-refractivity contribution in [1.82, 2.24) is 4.90 Å². The van der Waals surface area contributed by atoms with E-state index in [0.717, 1.165) is 63.6 Å². The Bertz CT molecular complexity index is 610. The first-order chi connectivity index (χ1) is 12.9. The van der Waals surface area contributed by atoms with Crippen molar-refractivity contribution in [2.75, 3.05) is 49.6 Å². The van der Waals surface area contributed by atoms with Gasteiger partial charge >= 0.3 is 0 Å². The molecule has 2 heterocycles. The third-order valence-corrected chi connectivity index (χ3v) is 5.20. The summed E-state index contributed by atoms with van der Waals surface area (Å²) in [7, 11) is 0. The molecular formula is C21H34FN3O2. The summed E-state index contributed by atoms with van der Waals surface area (Å²) >= 11 is 0. The van der Waals surface area contributed by atoms with Crippen LogP contribution in [0.15, 0.2) is 12.1 Å². The van der Waals surface area contributed by atoms with Crippen LogP contribution in [0.5, 0.6) is 5.75 Å². The number of halogens is 1. The van der Waals surface area contributed by atoms with Crippen molar-refractivity contribution < 1.29 is 13.9 Å². The van der Waals surface area contributed by atoms with Gasteiger partial charge in [0.15, 0.2) is 11.6 Å². The lowest BCUT2D eigenvalue weighted by atomic mass is 10.0. The van der Waals surface area contributed by atoms with Crippen LogP contribution in [-0.2, 0) is 4.74 Å². The van der Waals surface area contributed by atoms with Gasteiger partial charge in [-0.05, 0) is 46.6 Å². The molecule has 3 rings (SSSR count). The van der Waals surface area contributed by atoms with Gasteiger partial charge in [-0.1, -0.05) is 0 Å². The Morgan fingerprint density at radius 2 is 1.74 bits per heavy atom. The van der Waals surface area contributed by atoms with Gasteiger partial charge in [0.25, 0.3) is 0 Å². The Kier molecular flexibility index (Phi) is 6.82. The molecule has 0 bridgehead atoms. The third kappa shape index (κ3) is 5.26. The fourth-order valence-electron chi connectivity index (χ4n) is 4.00. The van der Waals surface area contributed by atoms with Gasteiger partial charge in [0.2, 0.25) is 0 Å². The van der Waals surface area contributed by atoms with Crippen LogP contribution in [0.4, 0.5) is 15.8 Å². The van der Waals surface area contributed by atoms with Crippen molar-refractivity contribution in [1.29, 1.82) is 0 Å². The molecule has 1 N–H and O–H groups in total. The minimum absolute atomic E-state index is 0.0620. The highest BCUT2D eigenvalue weighted by Crippen LogP contribution is 2.37. The largest absolute Gasteiger partial charge is 0.486 e. The maximum absolute atomic E-state index is 14.8. The number of anilines is 2. The van der Waals surface area contributed by atoms with E-state index in [1.807, 2.05) is 19.9 Å². The molecule has 5 nitrogen and oxygen atoms in total. The molecule has 2 aliphatic rings. The van der Waals surface area contributed by atoms with E-state index in [0.29, 0.717) is 11.8 Å². The van der Waals surface area contributed by atoms with Crippen LogP contribution in [0.2, 0.25) is 0 Å². The molecule has 0 aromatic heterocycles. The summed E-state index contributed by atoms with van der Waals surface area (Å²) < 4.78 is 26.2. The summed E-state index contributed by atoms with van der Waals surface area (Å²) in [5.74, 6) is 0.0868. The molecule has 0 aliphatic carbocycles. The highest BCUT2D eigenvalue weighted by Gasteiger charge is 2.28. The van der Waals surface area contributed by atoms with E-state index in [4.69, 9.17) is 9.47 Å². The van der Waals surface area contributed by atoms with Gasteiger partial charge in [-0.15, -0.1) is 0 Å². The highest BCUT2D eigenvalue weighted by atomic mass is 19.1. The van der Waals surface area contributed by atoms with Crippen molar-refractivity contribution >= 4 is 11.4 Å². The van der Waals surface area contributed by atoms with Crippen LogP contribution in [0.1, 0.15) is 40.5 Å². The molecule has 0 spiro atoms. The van der Waals surface area contributed by atoms with E-state index in [2.05, 4.69) is 29.0 Å². The van der Waals surface area contributed by atoms with Gasteiger partial charge in [0.05, 0.1) is 25.0 Å². The Hall–Kier alpha value is -1.53. The van der Waals surface area contributed by atoms with Gasteiger partial charge in [-0.2, -0.15) is 0 Å². The Balaban J connectivity index is 1.76. The molecule has 0 saturated carbocycles. The molecule has 152 valence electrons. The van der Waals surface area contributed by atoms with Crippen LogP contribution < -0.4 is 15.0 Å². The van der Waals surface area contributed by atoms with E-state index in [9.17, 15) is 4.39 Å². The number of benzene rings is 1. The predicted molar refractivity (Wildman–Crippen MR) is 109 cm³/mol. The zero-order valence-corrected chi connectivity index (χ0v) is 17.1. The quantitative estimate of drug-likeness (QED) is 0.815. The molecule has 6 heteroatoms. The number of ether oxygens (including phenoxy) is 2. The lowest BCUT2D eigenvalue weighted by Crippen LogP contribution is -2.49. The summed E-state index contributed by atoms with van der Waals surface area (Å²) in [6.07, 6.45) is 2.11. The standard InChI is InChI=1S/C21H34FN3O2/c1-15(2)23-17-13-19(22)21(27-16(3)4)20(14-17)25-7-5-18(6-8-25)24-9-11-26-12-10-24/h13-16,18,23H,5-12H2,1-4H3.